The minimum Gasteiger partial charge on any atom is -0.506 e. The van der Waals surface area contributed by atoms with Crippen LogP contribution < -0.4 is 10.2 Å². The van der Waals surface area contributed by atoms with Crippen molar-refractivity contribution >= 4 is 40.7 Å². The standard InChI is InChI=1S/C16H16Cl2N4O2/c17-11-1-3-14(13(18)9-11)21-5-7-22(8-6-21)16(24)20-15-4-2-12(23)10-19-15/h1-4,9-10,23H,5-8H2,(H,19,20,24). The number of rotatable bonds is 2. The third-order valence-corrected chi connectivity index (χ3v) is 4.34. The molecule has 2 N–H and O–H groups in total. The maximum atomic E-state index is 12.3. The quantitative estimate of drug-likeness (QED) is 0.853. The van der Waals surface area contributed by atoms with E-state index in [4.69, 9.17) is 23.2 Å². The van der Waals surface area contributed by atoms with Crippen molar-refractivity contribution in [1.29, 1.82) is 0 Å². The zero-order valence-corrected chi connectivity index (χ0v) is 14.3. The number of carbonyl (C=O) groups excluding carboxylic acids is 1. The highest BCUT2D eigenvalue weighted by molar-refractivity contribution is 6.36. The van der Waals surface area contributed by atoms with E-state index in [0.29, 0.717) is 42.0 Å². The first-order valence-electron chi connectivity index (χ1n) is 7.44. The third kappa shape index (κ3) is 3.83. The topological polar surface area (TPSA) is 68.7 Å². The van der Waals surface area contributed by atoms with Gasteiger partial charge in [-0.1, -0.05) is 23.2 Å². The number of piperazine rings is 1. The lowest BCUT2D eigenvalue weighted by molar-refractivity contribution is 0.208. The molecule has 1 aliphatic rings. The summed E-state index contributed by atoms with van der Waals surface area (Å²) in [5, 5.41) is 13.1. The summed E-state index contributed by atoms with van der Waals surface area (Å²) in [6, 6.07) is 8.22. The average Bonchev–Trinajstić information content (AvgIpc) is 2.57. The third-order valence-electron chi connectivity index (χ3n) is 3.80. The van der Waals surface area contributed by atoms with Crippen LogP contribution in [0.2, 0.25) is 10.0 Å². The minimum atomic E-state index is -0.213. The normalized spacial score (nSPS) is 14.6. The predicted molar refractivity (Wildman–Crippen MR) is 95.2 cm³/mol. The minimum absolute atomic E-state index is 0.0569. The first kappa shape index (κ1) is 16.7. The molecule has 2 heterocycles. The summed E-state index contributed by atoms with van der Waals surface area (Å²) in [6.45, 7) is 2.50. The van der Waals surface area contributed by atoms with Crippen LogP contribution in [0, 0.1) is 0 Å². The second kappa shape index (κ2) is 7.15. The molecule has 24 heavy (non-hydrogen) atoms. The molecular formula is C16H16Cl2N4O2. The number of halogens is 2. The van der Waals surface area contributed by atoms with Crippen molar-refractivity contribution in [3.05, 3.63) is 46.6 Å². The second-order valence-corrected chi connectivity index (χ2v) is 6.25. The largest absolute Gasteiger partial charge is 0.506 e. The second-order valence-electron chi connectivity index (χ2n) is 5.40. The van der Waals surface area contributed by atoms with Crippen LogP contribution in [0.3, 0.4) is 0 Å². The number of amides is 2. The molecule has 6 nitrogen and oxygen atoms in total. The van der Waals surface area contributed by atoms with Crippen LogP contribution in [0.4, 0.5) is 16.3 Å². The van der Waals surface area contributed by atoms with Gasteiger partial charge in [-0.2, -0.15) is 0 Å². The number of hydrogen-bond acceptors (Lipinski definition) is 4. The fraction of sp³-hybridized carbons (Fsp3) is 0.250. The molecule has 1 fully saturated rings. The van der Waals surface area contributed by atoms with E-state index in [1.165, 1.54) is 12.3 Å². The molecular weight excluding hydrogens is 351 g/mol. The van der Waals surface area contributed by atoms with Crippen LogP contribution in [0.25, 0.3) is 0 Å². The number of anilines is 2. The van der Waals surface area contributed by atoms with Crippen LogP contribution in [0.5, 0.6) is 5.75 Å². The smallest absolute Gasteiger partial charge is 0.323 e. The number of nitrogens with one attached hydrogen (secondary N) is 1. The van der Waals surface area contributed by atoms with E-state index in [1.807, 2.05) is 6.07 Å². The Bertz CT molecular complexity index is 731. The number of urea groups is 1. The molecule has 2 amide bonds. The highest BCUT2D eigenvalue weighted by atomic mass is 35.5. The molecule has 0 bridgehead atoms. The van der Waals surface area contributed by atoms with Gasteiger partial charge < -0.3 is 14.9 Å². The summed E-state index contributed by atoms with van der Waals surface area (Å²) >= 11 is 12.2. The zero-order chi connectivity index (χ0) is 17.1. The van der Waals surface area contributed by atoms with Gasteiger partial charge >= 0.3 is 6.03 Å². The van der Waals surface area contributed by atoms with E-state index in [0.717, 1.165) is 5.69 Å². The van der Waals surface area contributed by atoms with E-state index in [1.54, 1.807) is 23.1 Å². The number of nitrogens with zero attached hydrogens (tertiary/aromatic N) is 3. The number of benzene rings is 1. The average molecular weight is 367 g/mol. The van der Waals surface area contributed by atoms with Gasteiger partial charge in [0, 0.05) is 31.2 Å². The molecule has 8 heteroatoms. The van der Waals surface area contributed by atoms with Gasteiger partial charge in [0.1, 0.15) is 11.6 Å². The highest BCUT2D eigenvalue weighted by Crippen LogP contribution is 2.29. The van der Waals surface area contributed by atoms with Gasteiger partial charge in [-0.3, -0.25) is 5.32 Å². The van der Waals surface area contributed by atoms with E-state index in [-0.39, 0.29) is 11.8 Å². The molecule has 2 aromatic rings. The van der Waals surface area contributed by atoms with Crippen LogP contribution >= 0.6 is 23.2 Å². The summed E-state index contributed by atoms with van der Waals surface area (Å²) in [5.41, 5.74) is 0.918. The number of aromatic hydroxyl groups is 1. The molecule has 0 radical (unpaired) electrons. The summed E-state index contributed by atoms with van der Waals surface area (Å²) in [5.74, 6) is 0.461. The van der Waals surface area contributed by atoms with Crippen molar-refractivity contribution in [2.24, 2.45) is 0 Å². The number of pyridine rings is 1. The van der Waals surface area contributed by atoms with Crippen LogP contribution in [0.15, 0.2) is 36.5 Å². The Morgan fingerprint density at radius 2 is 1.88 bits per heavy atom. The number of hydrogen-bond donors (Lipinski definition) is 2. The molecule has 0 spiro atoms. The van der Waals surface area contributed by atoms with Crippen molar-refractivity contribution < 1.29 is 9.90 Å². The summed E-state index contributed by atoms with van der Waals surface area (Å²) in [7, 11) is 0. The molecule has 0 atom stereocenters. The molecule has 1 aromatic carbocycles. The highest BCUT2D eigenvalue weighted by Gasteiger charge is 2.22. The lowest BCUT2D eigenvalue weighted by atomic mass is 10.2. The van der Waals surface area contributed by atoms with Crippen molar-refractivity contribution in [2.75, 3.05) is 36.4 Å². The Balaban J connectivity index is 1.58. The molecule has 3 rings (SSSR count). The van der Waals surface area contributed by atoms with Gasteiger partial charge in [-0.15, -0.1) is 0 Å². The summed E-state index contributed by atoms with van der Waals surface area (Å²) in [6.07, 6.45) is 1.29. The maximum Gasteiger partial charge on any atom is 0.323 e. The Morgan fingerprint density at radius 3 is 2.50 bits per heavy atom. The molecule has 1 aliphatic heterocycles. The van der Waals surface area contributed by atoms with Crippen LogP contribution in [0.1, 0.15) is 0 Å². The first-order chi connectivity index (χ1) is 11.5. The zero-order valence-electron chi connectivity index (χ0n) is 12.7. The van der Waals surface area contributed by atoms with E-state index in [9.17, 15) is 9.90 Å². The van der Waals surface area contributed by atoms with Crippen molar-refractivity contribution in [1.82, 2.24) is 9.88 Å². The predicted octanol–water partition coefficient (Wildman–Crippen LogP) is 3.45. The molecule has 0 saturated carbocycles. The Kier molecular flexibility index (Phi) is 4.97. The van der Waals surface area contributed by atoms with Crippen molar-refractivity contribution in [2.45, 2.75) is 0 Å². The monoisotopic (exact) mass is 366 g/mol. The molecule has 1 aromatic heterocycles. The van der Waals surface area contributed by atoms with Gasteiger partial charge in [-0.05, 0) is 30.3 Å². The molecule has 0 unspecified atom stereocenters. The lowest BCUT2D eigenvalue weighted by Gasteiger charge is -2.36. The van der Waals surface area contributed by atoms with Gasteiger partial charge in [0.05, 0.1) is 16.9 Å². The SMILES string of the molecule is O=C(Nc1ccc(O)cn1)N1CCN(c2ccc(Cl)cc2Cl)CC1. The first-order valence-corrected chi connectivity index (χ1v) is 8.19. The van der Waals surface area contributed by atoms with Gasteiger partial charge in [0.25, 0.3) is 0 Å². The van der Waals surface area contributed by atoms with Crippen LogP contribution in [-0.4, -0.2) is 47.2 Å². The summed E-state index contributed by atoms with van der Waals surface area (Å²) < 4.78 is 0. The van der Waals surface area contributed by atoms with Gasteiger partial charge in [0.2, 0.25) is 0 Å². The van der Waals surface area contributed by atoms with Gasteiger partial charge in [0.15, 0.2) is 0 Å². The Hall–Kier alpha value is -2.18. The number of aromatic nitrogens is 1. The van der Waals surface area contributed by atoms with Crippen molar-refractivity contribution in [3.63, 3.8) is 0 Å². The van der Waals surface area contributed by atoms with E-state index >= 15 is 0 Å². The number of carbonyl (C=O) groups is 1. The van der Waals surface area contributed by atoms with Crippen molar-refractivity contribution in [3.8, 4) is 5.75 Å². The van der Waals surface area contributed by atoms with Gasteiger partial charge in [-0.25, -0.2) is 9.78 Å². The lowest BCUT2D eigenvalue weighted by Crippen LogP contribution is -2.50. The Morgan fingerprint density at radius 1 is 1.12 bits per heavy atom. The molecule has 0 aliphatic carbocycles. The maximum absolute atomic E-state index is 12.3. The fourth-order valence-corrected chi connectivity index (χ4v) is 3.06. The van der Waals surface area contributed by atoms with E-state index in [2.05, 4.69) is 15.2 Å². The van der Waals surface area contributed by atoms with E-state index < -0.39 is 0 Å². The molecule has 1 saturated heterocycles. The summed E-state index contributed by atoms with van der Waals surface area (Å²) in [4.78, 5) is 20.0. The Labute approximate surface area is 149 Å². The molecule has 126 valence electrons. The fourth-order valence-electron chi connectivity index (χ4n) is 2.54. The van der Waals surface area contributed by atoms with Crippen LogP contribution in [-0.2, 0) is 0 Å².